The molecule has 0 bridgehead atoms. The summed E-state index contributed by atoms with van der Waals surface area (Å²) in [6.45, 7) is 6.72. The highest BCUT2D eigenvalue weighted by Crippen LogP contribution is 2.55. The van der Waals surface area contributed by atoms with Crippen molar-refractivity contribution >= 4 is 27.9 Å². The Morgan fingerprint density at radius 1 is 1.20 bits per heavy atom. The molecule has 0 amide bonds. The summed E-state index contributed by atoms with van der Waals surface area (Å²) in [5, 5.41) is 11.3. The van der Waals surface area contributed by atoms with Crippen LogP contribution in [0.2, 0.25) is 0 Å². The summed E-state index contributed by atoms with van der Waals surface area (Å²) >= 11 is 3.37. The summed E-state index contributed by atoms with van der Waals surface area (Å²) in [6.07, 6.45) is 2.38. The molecule has 0 unspecified atom stereocenters. The number of hydrogen-bond donors (Lipinski definition) is 1. The van der Waals surface area contributed by atoms with E-state index in [0.29, 0.717) is 30.4 Å². The van der Waals surface area contributed by atoms with Crippen LogP contribution in [0.15, 0.2) is 68.5 Å². The highest BCUT2D eigenvalue weighted by molar-refractivity contribution is 9.10. The van der Waals surface area contributed by atoms with Crippen LogP contribution in [0.1, 0.15) is 69.0 Å². The molecule has 5 rings (SSSR count). The molecule has 10 heteroatoms. The van der Waals surface area contributed by atoms with Crippen LogP contribution in [0.25, 0.3) is 11.3 Å². The van der Waals surface area contributed by atoms with Crippen LogP contribution in [0.3, 0.4) is 0 Å². The Bertz CT molecular complexity index is 1500. The van der Waals surface area contributed by atoms with Crippen molar-refractivity contribution < 1.29 is 33.3 Å². The molecule has 216 valence electrons. The van der Waals surface area contributed by atoms with E-state index in [1.165, 1.54) is 6.92 Å². The van der Waals surface area contributed by atoms with Crippen molar-refractivity contribution in [2.24, 2.45) is 11.8 Å². The predicted molar refractivity (Wildman–Crippen MR) is 152 cm³/mol. The van der Waals surface area contributed by atoms with Crippen molar-refractivity contribution in [2.45, 2.75) is 70.4 Å². The lowest BCUT2D eigenvalue weighted by Crippen LogP contribution is -2.63. The fourth-order valence-electron chi connectivity index (χ4n) is 5.92. The molecule has 3 aromatic rings. The number of aliphatic hydroxyl groups is 1. The number of aromatic nitrogens is 1. The average molecular weight is 626 g/mol. The third-order valence-electron chi connectivity index (χ3n) is 8.51. The number of nitrogens with zero attached hydrogens (tertiary/aromatic N) is 1. The first-order chi connectivity index (χ1) is 19.4. The van der Waals surface area contributed by atoms with Gasteiger partial charge in [-0.05, 0) is 75.4 Å². The minimum atomic E-state index is -1.19. The number of esters is 2. The van der Waals surface area contributed by atoms with E-state index in [-0.39, 0.29) is 23.0 Å². The number of carbonyl (C=O) groups excluding carboxylic acids is 2. The second kappa shape index (κ2) is 11.1. The zero-order valence-corrected chi connectivity index (χ0v) is 24.8. The molecule has 0 spiro atoms. The Morgan fingerprint density at radius 3 is 2.56 bits per heavy atom. The van der Waals surface area contributed by atoms with E-state index < -0.39 is 46.9 Å². The lowest BCUT2D eigenvalue weighted by atomic mass is 9.61. The monoisotopic (exact) mass is 625 g/mol. The molecule has 1 saturated carbocycles. The first kappa shape index (κ1) is 29.0. The number of pyridine rings is 1. The maximum atomic E-state index is 13.6. The Morgan fingerprint density at radius 2 is 1.93 bits per heavy atom. The summed E-state index contributed by atoms with van der Waals surface area (Å²) < 4.78 is 25.0. The molecule has 2 aromatic heterocycles. The van der Waals surface area contributed by atoms with E-state index in [0.717, 1.165) is 4.47 Å². The second-order valence-corrected chi connectivity index (χ2v) is 12.0. The topological polar surface area (TPSA) is 125 Å². The Labute approximate surface area is 246 Å². The standard InChI is InChI=1S/C31H32BrNO8/c1-5-30(3,37)20-13-22-27(40-28(35)18-8-10-21(32)11-9-18)26-24(41-31(22,4)25(14-20)38-17(2)34)15-23(39-29(26)36)19-7-6-12-33-16-19/h6-12,15-16,20,22,25,27,37H,5,13-14H2,1-4H3/t20-,22-,25-,27-,30+,31-/m1/s1. The summed E-state index contributed by atoms with van der Waals surface area (Å²) in [5.74, 6) is -1.73. The number of carbonyl (C=O) groups is 2. The smallest absolute Gasteiger partial charge is 0.347 e. The molecule has 9 nitrogen and oxygen atoms in total. The van der Waals surface area contributed by atoms with Gasteiger partial charge in [-0.3, -0.25) is 9.78 Å². The molecule has 41 heavy (non-hydrogen) atoms. The first-order valence-electron chi connectivity index (χ1n) is 13.6. The minimum Gasteiger partial charge on any atom is -0.482 e. The quantitative estimate of drug-likeness (QED) is 0.347. The van der Waals surface area contributed by atoms with Gasteiger partial charge >= 0.3 is 17.6 Å². The number of fused-ring (bicyclic) bond motifs is 2. The first-order valence-corrected chi connectivity index (χ1v) is 14.4. The second-order valence-electron chi connectivity index (χ2n) is 11.1. The van der Waals surface area contributed by atoms with E-state index in [9.17, 15) is 19.5 Å². The zero-order valence-electron chi connectivity index (χ0n) is 23.3. The normalized spacial score (nSPS) is 26.5. The van der Waals surface area contributed by atoms with Crippen molar-refractivity contribution in [3.05, 3.63) is 80.9 Å². The minimum absolute atomic E-state index is 0.0592. The number of rotatable bonds is 6. The Balaban J connectivity index is 1.66. The molecular weight excluding hydrogens is 594 g/mol. The lowest BCUT2D eigenvalue weighted by Gasteiger charge is -2.54. The van der Waals surface area contributed by atoms with E-state index in [2.05, 4.69) is 20.9 Å². The van der Waals surface area contributed by atoms with Crippen LogP contribution in [-0.2, 0) is 14.3 Å². The van der Waals surface area contributed by atoms with Gasteiger partial charge < -0.3 is 23.7 Å². The van der Waals surface area contributed by atoms with Gasteiger partial charge in [-0.2, -0.15) is 0 Å². The molecular formula is C31H32BrNO8. The largest absolute Gasteiger partial charge is 0.482 e. The van der Waals surface area contributed by atoms with Gasteiger partial charge in [0.25, 0.3) is 0 Å². The lowest BCUT2D eigenvalue weighted by molar-refractivity contribution is -0.204. The summed E-state index contributed by atoms with van der Waals surface area (Å²) in [4.78, 5) is 43.4. The van der Waals surface area contributed by atoms with Gasteiger partial charge in [0, 0.05) is 41.3 Å². The Hall–Kier alpha value is -3.50. The maximum absolute atomic E-state index is 13.6. The van der Waals surface area contributed by atoms with Gasteiger partial charge in [-0.15, -0.1) is 0 Å². The molecule has 1 aliphatic heterocycles. The molecule has 6 atom stereocenters. The van der Waals surface area contributed by atoms with Crippen LogP contribution in [0.5, 0.6) is 5.75 Å². The van der Waals surface area contributed by atoms with Crippen molar-refractivity contribution in [3.8, 4) is 17.1 Å². The van der Waals surface area contributed by atoms with Crippen LogP contribution in [0, 0.1) is 11.8 Å². The van der Waals surface area contributed by atoms with Gasteiger partial charge in [0.15, 0.2) is 0 Å². The average Bonchev–Trinajstić information content (AvgIpc) is 2.93. The summed E-state index contributed by atoms with van der Waals surface area (Å²) in [6, 6.07) is 11.7. The molecule has 1 fully saturated rings. The van der Waals surface area contributed by atoms with Crippen LogP contribution >= 0.6 is 15.9 Å². The van der Waals surface area contributed by atoms with E-state index in [1.54, 1.807) is 68.7 Å². The van der Waals surface area contributed by atoms with Crippen LogP contribution < -0.4 is 10.4 Å². The third kappa shape index (κ3) is 5.55. The fourth-order valence-corrected chi connectivity index (χ4v) is 6.18. The number of halogens is 1. The summed E-state index contributed by atoms with van der Waals surface area (Å²) in [5.41, 5.74) is -2.09. The van der Waals surface area contributed by atoms with Crippen molar-refractivity contribution in [3.63, 3.8) is 0 Å². The van der Waals surface area contributed by atoms with Gasteiger partial charge in [0.2, 0.25) is 0 Å². The van der Waals surface area contributed by atoms with Crippen LogP contribution in [-0.4, -0.2) is 39.3 Å². The van der Waals surface area contributed by atoms with Crippen molar-refractivity contribution in [1.82, 2.24) is 4.98 Å². The van der Waals surface area contributed by atoms with Gasteiger partial charge in [0.05, 0.1) is 11.2 Å². The number of hydrogen-bond acceptors (Lipinski definition) is 9. The SMILES string of the molecule is CC[C@](C)(O)[C@@H]1C[C@@H]2[C@@H](OC(=O)c3ccc(Br)cc3)c3c(cc(-c4cccnc4)oc3=O)O[C@@]2(C)[C@H](OC(C)=O)C1. The Kier molecular flexibility index (Phi) is 7.82. The van der Waals surface area contributed by atoms with E-state index in [4.69, 9.17) is 18.6 Å². The van der Waals surface area contributed by atoms with Crippen molar-refractivity contribution in [2.75, 3.05) is 0 Å². The molecule has 2 aliphatic rings. The van der Waals surface area contributed by atoms with Gasteiger partial charge in [0.1, 0.15) is 34.9 Å². The third-order valence-corrected chi connectivity index (χ3v) is 9.03. The molecule has 1 aromatic carbocycles. The van der Waals surface area contributed by atoms with Crippen LogP contribution in [0.4, 0.5) is 0 Å². The molecule has 1 aliphatic carbocycles. The highest BCUT2D eigenvalue weighted by Gasteiger charge is 2.60. The number of benzene rings is 1. The van der Waals surface area contributed by atoms with Gasteiger partial charge in [-0.25, -0.2) is 9.59 Å². The number of ether oxygens (including phenoxy) is 3. The fraction of sp³-hybridized carbons (Fsp3) is 0.419. The molecule has 0 radical (unpaired) electrons. The summed E-state index contributed by atoms with van der Waals surface area (Å²) in [7, 11) is 0. The van der Waals surface area contributed by atoms with Crippen molar-refractivity contribution in [1.29, 1.82) is 0 Å². The maximum Gasteiger partial charge on any atom is 0.347 e. The van der Waals surface area contributed by atoms with E-state index in [1.807, 2.05) is 6.92 Å². The molecule has 1 N–H and O–H groups in total. The molecule has 3 heterocycles. The van der Waals surface area contributed by atoms with Gasteiger partial charge in [-0.1, -0.05) is 22.9 Å². The predicted octanol–water partition coefficient (Wildman–Crippen LogP) is 5.63. The zero-order chi connectivity index (χ0) is 29.5. The molecule has 0 saturated heterocycles. The highest BCUT2D eigenvalue weighted by atomic mass is 79.9. The van der Waals surface area contributed by atoms with E-state index >= 15 is 0 Å².